The number of Topliss-reactive ketones (excluding diaryl/α,β-unsaturated/α-hetero) is 1. The molecule has 2 aromatic carbocycles. The second-order valence-electron chi connectivity index (χ2n) is 6.78. The Hall–Kier alpha value is -3.59. The van der Waals surface area contributed by atoms with Crippen molar-refractivity contribution >= 4 is 28.3 Å². The Morgan fingerprint density at radius 3 is 2.66 bits per heavy atom. The van der Waals surface area contributed by atoms with Gasteiger partial charge in [-0.25, -0.2) is 9.18 Å². The van der Waals surface area contributed by atoms with Crippen LogP contribution in [-0.4, -0.2) is 40.4 Å². The summed E-state index contributed by atoms with van der Waals surface area (Å²) in [5.74, 6) is -1.17. The third-order valence-electron chi connectivity index (χ3n) is 4.90. The Morgan fingerprint density at radius 2 is 1.93 bits per heavy atom. The zero-order valence-electron chi connectivity index (χ0n) is 15.1. The molecular weight excluding hydrogens is 381 g/mol. The molecule has 0 saturated carbocycles. The largest absolute Gasteiger partial charge is 0.457 e. The first-order valence-electron chi connectivity index (χ1n) is 8.92. The second kappa shape index (κ2) is 7.44. The molecule has 0 bridgehead atoms. The number of fused-ring (bicyclic) bond motifs is 1. The summed E-state index contributed by atoms with van der Waals surface area (Å²) in [5.41, 5.74) is 1.06. The highest BCUT2D eigenvalue weighted by atomic mass is 19.1. The molecule has 8 nitrogen and oxygen atoms in total. The standard InChI is InChI=1S/C20H16FN3O5/c21-12-3-6-15-16(10-23-17(15)7-12)19(25)18-8-14(9-22-18)29-20(26)11-1-4-13(5-2-11)24(27)28/h1-7,10,14,18,22-23H,8-9H2. The number of carbonyl (C=O) groups is 2. The minimum absolute atomic E-state index is 0.117. The number of rotatable bonds is 5. The SMILES string of the molecule is O=C(OC1CNC(C(=O)c2c[nH]c3cc(F)ccc23)C1)c1ccc([N+](=O)[O-])cc1. The number of H-pyrrole nitrogens is 1. The molecule has 1 saturated heterocycles. The minimum atomic E-state index is -0.609. The molecule has 29 heavy (non-hydrogen) atoms. The number of nitro groups is 1. The van der Waals surface area contributed by atoms with E-state index in [1.165, 1.54) is 36.4 Å². The molecule has 148 valence electrons. The van der Waals surface area contributed by atoms with Crippen LogP contribution in [0.4, 0.5) is 10.1 Å². The van der Waals surface area contributed by atoms with Gasteiger partial charge in [0.1, 0.15) is 11.9 Å². The van der Waals surface area contributed by atoms with Crippen LogP contribution in [0.5, 0.6) is 0 Å². The summed E-state index contributed by atoms with van der Waals surface area (Å²) in [4.78, 5) is 38.1. The summed E-state index contributed by atoms with van der Waals surface area (Å²) in [6.45, 7) is 0.312. The van der Waals surface area contributed by atoms with E-state index in [-0.39, 0.29) is 17.0 Å². The Labute approximate surface area is 163 Å². The molecule has 2 heterocycles. The van der Waals surface area contributed by atoms with Crippen molar-refractivity contribution in [1.29, 1.82) is 0 Å². The van der Waals surface area contributed by atoms with E-state index in [0.29, 0.717) is 29.4 Å². The molecule has 0 spiro atoms. The number of esters is 1. The predicted octanol–water partition coefficient (Wildman–Crippen LogP) is 2.99. The summed E-state index contributed by atoms with van der Waals surface area (Å²) in [6, 6.07) is 8.76. The Balaban J connectivity index is 1.41. The van der Waals surface area contributed by atoms with Gasteiger partial charge >= 0.3 is 5.97 Å². The number of hydrogen-bond donors (Lipinski definition) is 2. The van der Waals surface area contributed by atoms with Gasteiger partial charge in [-0.1, -0.05) is 0 Å². The minimum Gasteiger partial charge on any atom is -0.457 e. The molecule has 2 atom stereocenters. The van der Waals surface area contributed by atoms with Gasteiger partial charge in [-0.15, -0.1) is 0 Å². The molecule has 0 amide bonds. The normalized spacial score (nSPS) is 18.7. The summed E-state index contributed by atoms with van der Waals surface area (Å²) >= 11 is 0. The van der Waals surface area contributed by atoms with E-state index < -0.39 is 28.9 Å². The number of non-ortho nitro benzene ring substituents is 1. The lowest BCUT2D eigenvalue weighted by Gasteiger charge is -2.11. The number of ether oxygens (including phenoxy) is 1. The van der Waals surface area contributed by atoms with Crippen molar-refractivity contribution in [2.45, 2.75) is 18.6 Å². The maximum absolute atomic E-state index is 13.3. The van der Waals surface area contributed by atoms with Crippen molar-refractivity contribution in [3.05, 3.63) is 75.7 Å². The molecular formula is C20H16FN3O5. The van der Waals surface area contributed by atoms with Gasteiger partial charge in [0.15, 0.2) is 5.78 Å². The number of aromatic amines is 1. The molecule has 0 aliphatic carbocycles. The van der Waals surface area contributed by atoms with E-state index in [1.807, 2.05) is 0 Å². The van der Waals surface area contributed by atoms with E-state index in [0.717, 1.165) is 0 Å². The fraction of sp³-hybridized carbons (Fsp3) is 0.200. The second-order valence-corrected chi connectivity index (χ2v) is 6.78. The fourth-order valence-corrected chi connectivity index (χ4v) is 3.42. The van der Waals surface area contributed by atoms with Crippen molar-refractivity contribution in [2.24, 2.45) is 0 Å². The summed E-state index contributed by atoms with van der Waals surface area (Å²) in [6.07, 6.45) is 1.34. The maximum atomic E-state index is 13.3. The van der Waals surface area contributed by atoms with E-state index in [1.54, 1.807) is 12.3 Å². The molecule has 1 aromatic heterocycles. The number of nitrogens with zero attached hydrogens (tertiary/aromatic N) is 1. The Bertz CT molecular complexity index is 1110. The summed E-state index contributed by atoms with van der Waals surface area (Å²) in [5, 5.41) is 14.4. The number of ketones is 1. The number of aromatic nitrogens is 1. The van der Waals surface area contributed by atoms with Crippen LogP contribution in [0.25, 0.3) is 10.9 Å². The number of benzene rings is 2. The molecule has 3 aromatic rings. The van der Waals surface area contributed by atoms with Crippen molar-refractivity contribution in [2.75, 3.05) is 6.54 Å². The molecule has 1 aliphatic heterocycles. The van der Waals surface area contributed by atoms with Crippen LogP contribution in [-0.2, 0) is 4.74 Å². The average molecular weight is 397 g/mol. The van der Waals surface area contributed by atoms with Crippen LogP contribution in [0.1, 0.15) is 27.1 Å². The van der Waals surface area contributed by atoms with Crippen molar-refractivity contribution in [3.63, 3.8) is 0 Å². The molecule has 0 radical (unpaired) electrons. The van der Waals surface area contributed by atoms with Crippen LogP contribution in [0, 0.1) is 15.9 Å². The van der Waals surface area contributed by atoms with E-state index >= 15 is 0 Å². The van der Waals surface area contributed by atoms with Gasteiger partial charge < -0.3 is 15.0 Å². The monoisotopic (exact) mass is 397 g/mol. The van der Waals surface area contributed by atoms with Crippen LogP contribution in [0.15, 0.2) is 48.7 Å². The fourth-order valence-electron chi connectivity index (χ4n) is 3.42. The smallest absolute Gasteiger partial charge is 0.338 e. The lowest BCUT2D eigenvalue weighted by molar-refractivity contribution is -0.384. The molecule has 2 N–H and O–H groups in total. The zero-order valence-corrected chi connectivity index (χ0v) is 15.1. The van der Waals surface area contributed by atoms with Crippen molar-refractivity contribution in [3.8, 4) is 0 Å². The van der Waals surface area contributed by atoms with Gasteiger partial charge in [-0.05, 0) is 30.3 Å². The topological polar surface area (TPSA) is 114 Å². The average Bonchev–Trinajstić information content (AvgIpc) is 3.34. The highest BCUT2D eigenvalue weighted by Gasteiger charge is 2.33. The highest BCUT2D eigenvalue weighted by Crippen LogP contribution is 2.24. The van der Waals surface area contributed by atoms with E-state index in [4.69, 9.17) is 4.74 Å². The number of halogens is 1. The molecule has 1 fully saturated rings. The van der Waals surface area contributed by atoms with Gasteiger partial charge in [0.05, 0.1) is 16.5 Å². The van der Waals surface area contributed by atoms with Gasteiger partial charge in [-0.3, -0.25) is 14.9 Å². The van der Waals surface area contributed by atoms with Crippen LogP contribution in [0.3, 0.4) is 0 Å². The predicted molar refractivity (Wildman–Crippen MR) is 101 cm³/mol. The lowest BCUT2D eigenvalue weighted by atomic mass is 10.0. The summed E-state index contributed by atoms with van der Waals surface area (Å²) < 4.78 is 18.7. The van der Waals surface area contributed by atoms with Crippen LogP contribution in [0.2, 0.25) is 0 Å². The van der Waals surface area contributed by atoms with E-state index in [2.05, 4.69) is 10.3 Å². The van der Waals surface area contributed by atoms with Gasteiger partial charge in [0.25, 0.3) is 5.69 Å². The number of nitro benzene ring substituents is 1. The van der Waals surface area contributed by atoms with Crippen LogP contribution >= 0.6 is 0 Å². The zero-order chi connectivity index (χ0) is 20.5. The first-order valence-corrected chi connectivity index (χ1v) is 8.92. The molecule has 2 unspecified atom stereocenters. The first kappa shape index (κ1) is 18.8. The van der Waals surface area contributed by atoms with Gasteiger partial charge in [0.2, 0.25) is 0 Å². The summed E-state index contributed by atoms with van der Waals surface area (Å²) in [7, 11) is 0. The maximum Gasteiger partial charge on any atom is 0.338 e. The van der Waals surface area contributed by atoms with Gasteiger partial charge in [0, 0.05) is 47.8 Å². The number of hydrogen-bond acceptors (Lipinski definition) is 6. The lowest BCUT2D eigenvalue weighted by Crippen LogP contribution is -2.30. The van der Waals surface area contributed by atoms with Crippen molar-refractivity contribution < 1.29 is 23.6 Å². The number of nitrogens with one attached hydrogen (secondary N) is 2. The Morgan fingerprint density at radius 1 is 1.17 bits per heavy atom. The number of carbonyl (C=O) groups excluding carboxylic acids is 2. The van der Waals surface area contributed by atoms with Crippen LogP contribution < -0.4 is 5.32 Å². The van der Waals surface area contributed by atoms with Crippen molar-refractivity contribution in [1.82, 2.24) is 10.3 Å². The molecule has 4 rings (SSSR count). The van der Waals surface area contributed by atoms with E-state index in [9.17, 15) is 24.1 Å². The molecule has 9 heteroatoms. The molecule has 1 aliphatic rings. The third-order valence-corrected chi connectivity index (χ3v) is 4.90. The quantitative estimate of drug-likeness (QED) is 0.296. The third kappa shape index (κ3) is 3.72. The first-order chi connectivity index (χ1) is 13.9. The van der Waals surface area contributed by atoms with Gasteiger partial charge in [-0.2, -0.15) is 0 Å². The highest BCUT2D eigenvalue weighted by molar-refractivity contribution is 6.10. The Kier molecular flexibility index (Phi) is 4.81.